The highest BCUT2D eigenvalue weighted by Gasteiger charge is 2.52. The van der Waals surface area contributed by atoms with Crippen molar-refractivity contribution in [3.8, 4) is 6.07 Å². The third-order valence-corrected chi connectivity index (χ3v) is 4.36. The van der Waals surface area contributed by atoms with Crippen LogP contribution in [0.4, 0.5) is 4.39 Å². The second-order valence-corrected chi connectivity index (χ2v) is 5.54. The van der Waals surface area contributed by atoms with Gasteiger partial charge >= 0.3 is 0 Å². The molecule has 1 aromatic carbocycles. The first-order chi connectivity index (χ1) is 8.63. The van der Waals surface area contributed by atoms with E-state index in [0.717, 1.165) is 30.4 Å². The molecule has 2 fully saturated rings. The van der Waals surface area contributed by atoms with Gasteiger partial charge in [0.2, 0.25) is 0 Å². The van der Waals surface area contributed by atoms with E-state index < -0.39 is 5.41 Å². The van der Waals surface area contributed by atoms with Gasteiger partial charge in [0.25, 0.3) is 0 Å². The smallest absolute Gasteiger partial charge is 0.123 e. The quantitative estimate of drug-likeness (QED) is 0.802. The average Bonchev–Trinajstić information content (AvgIpc) is 2.94. The van der Waals surface area contributed by atoms with Crippen LogP contribution in [0.2, 0.25) is 0 Å². The fraction of sp³-hybridized carbons (Fsp3) is 0.533. The lowest BCUT2D eigenvalue weighted by atomic mass is 9.71. The van der Waals surface area contributed by atoms with E-state index in [-0.39, 0.29) is 18.0 Å². The molecule has 3 unspecified atom stereocenters. The van der Waals surface area contributed by atoms with Crippen molar-refractivity contribution in [2.75, 3.05) is 0 Å². The van der Waals surface area contributed by atoms with Gasteiger partial charge in [-0.05, 0) is 55.9 Å². The molecule has 0 radical (unpaired) electrons. The summed E-state index contributed by atoms with van der Waals surface area (Å²) >= 11 is 0. The minimum atomic E-state index is -0.443. The summed E-state index contributed by atoms with van der Waals surface area (Å²) < 4.78 is 19.1. The van der Waals surface area contributed by atoms with E-state index in [9.17, 15) is 9.65 Å². The minimum absolute atomic E-state index is 0.0372. The van der Waals surface area contributed by atoms with Gasteiger partial charge in [-0.15, -0.1) is 0 Å². The monoisotopic (exact) mass is 245 g/mol. The first kappa shape index (κ1) is 11.7. The summed E-state index contributed by atoms with van der Waals surface area (Å²) in [4.78, 5) is 0. The molecule has 0 saturated carbocycles. The Bertz CT molecular complexity index is 522. The summed E-state index contributed by atoms with van der Waals surface area (Å²) in [5.74, 6) is -0.229. The molecule has 1 aromatic rings. The molecular weight excluding hydrogens is 229 g/mol. The number of nitriles is 1. The second kappa shape index (κ2) is 4.07. The fourth-order valence-corrected chi connectivity index (χ4v) is 3.31. The van der Waals surface area contributed by atoms with Crippen molar-refractivity contribution in [2.45, 2.75) is 44.8 Å². The summed E-state index contributed by atoms with van der Waals surface area (Å²) in [5, 5.41) is 9.54. The molecule has 0 spiro atoms. The van der Waals surface area contributed by atoms with Gasteiger partial charge in [-0.2, -0.15) is 5.26 Å². The van der Waals surface area contributed by atoms with E-state index in [0.29, 0.717) is 6.42 Å². The average molecular weight is 245 g/mol. The summed E-state index contributed by atoms with van der Waals surface area (Å²) in [7, 11) is 0. The summed E-state index contributed by atoms with van der Waals surface area (Å²) in [6, 6.07) is 7.26. The number of benzene rings is 1. The first-order valence-electron chi connectivity index (χ1n) is 6.45. The molecule has 2 aliphatic rings. The number of hydrogen-bond acceptors (Lipinski definition) is 2. The maximum atomic E-state index is 13.3. The van der Waals surface area contributed by atoms with Gasteiger partial charge in [-0.25, -0.2) is 4.39 Å². The van der Waals surface area contributed by atoms with Crippen LogP contribution < -0.4 is 0 Å². The number of rotatable bonds is 2. The lowest BCUT2D eigenvalue weighted by Gasteiger charge is -2.28. The lowest BCUT2D eigenvalue weighted by molar-refractivity contribution is 0.0787. The standard InChI is InChI=1S/C15H16FNO/c1-10-2-3-12(16)6-11(10)7-15(9-17)8-13-4-5-14(15)18-13/h2-3,6,13-14H,4-5,7-8H2,1H3. The second-order valence-electron chi connectivity index (χ2n) is 5.54. The van der Waals surface area contributed by atoms with Crippen molar-refractivity contribution in [3.63, 3.8) is 0 Å². The van der Waals surface area contributed by atoms with Crippen LogP contribution in [0.25, 0.3) is 0 Å². The fourth-order valence-electron chi connectivity index (χ4n) is 3.31. The van der Waals surface area contributed by atoms with Gasteiger partial charge in [0.05, 0.1) is 23.7 Å². The number of nitrogens with zero attached hydrogens (tertiary/aromatic N) is 1. The maximum Gasteiger partial charge on any atom is 0.123 e. The predicted molar refractivity (Wildman–Crippen MR) is 65.4 cm³/mol. The summed E-state index contributed by atoms with van der Waals surface area (Å²) in [5.41, 5.74) is 1.54. The molecule has 0 N–H and O–H groups in total. The predicted octanol–water partition coefficient (Wildman–Crippen LogP) is 3.14. The van der Waals surface area contributed by atoms with Crippen molar-refractivity contribution in [2.24, 2.45) is 5.41 Å². The minimum Gasteiger partial charge on any atom is -0.373 e. The number of fused-ring (bicyclic) bond motifs is 2. The summed E-state index contributed by atoms with van der Waals surface area (Å²) in [6.07, 6.45) is 3.71. The number of ether oxygens (including phenoxy) is 1. The van der Waals surface area contributed by atoms with Gasteiger partial charge in [-0.3, -0.25) is 0 Å². The van der Waals surface area contributed by atoms with E-state index in [1.54, 1.807) is 12.1 Å². The van der Waals surface area contributed by atoms with Crippen molar-refractivity contribution < 1.29 is 9.13 Å². The maximum absolute atomic E-state index is 13.3. The third kappa shape index (κ3) is 1.72. The van der Waals surface area contributed by atoms with Gasteiger partial charge in [0.15, 0.2) is 0 Å². The molecule has 0 aliphatic carbocycles. The normalized spacial score (nSPS) is 33.6. The third-order valence-electron chi connectivity index (χ3n) is 4.36. The van der Waals surface area contributed by atoms with Crippen molar-refractivity contribution in [1.82, 2.24) is 0 Å². The Hall–Kier alpha value is -1.40. The first-order valence-corrected chi connectivity index (χ1v) is 6.45. The zero-order chi connectivity index (χ0) is 12.8. The molecule has 2 aliphatic heterocycles. The zero-order valence-electron chi connectivity index (χ0n) is 10.4. The Morgan fingerprint density at radius 1 is 1.50 bits per heavy atom. The molecule has 3 atom stereocenters. The van der Waals surface area contributed by atoms with Crippen molar-refractivity contribution in [1.29, 1.82) is 5.26 Å². The molecule has 3 rings (SSSR count). The molecular formula is C15H16FNO. The Morgan fingerprint density at radius 3 is 2.94 bits per heavy atom. The van der Waals surface area contributed by atoms with Crippen LogP contribution in [-0.4, -0.2) is 12.2 Å². The molecule has 18 heavy (non-hydrogen) atoms. The van der Waals surface area contributed by atoms with Crippen LogP contribution in [0, 0.1) is 29.5 Å². The molecule has 0 aromatic heterocycles. The van der Waals surface area contributed by atoms with E-state index in [1.807, 2.05) is 6.92 Å². The largest absolute Gasteiger partial charge is 0.373 e. The lowest BCUT2D eigenvalue weighted by Crippen LogP contribution is -2.33. The van der Waals surface area contributed by atoms with E-state index in [1.165, 1.54) is 6.07 Å². The molecule has 2 nitrogen and oxygen atoms in total. The molecule has 0 amide bonds. The van der Waals surface area contributed by atoms with Crippen LogP contribution in [0.1, 0.15) is 30.4 Å². The highest BCUT2D eigenvalue weighted by molar-refractivity contribution is 5.30. The van der Waals surface area contributed by atoms with Gasteiger partial charge in [0.1, 0.15) is 5.82 Å². The van der Waals surface area contributed by atoms with Crippen LogP contribution in [0.5, 0.6) is 0 Å². The van der Waals surface area contributed by atoms with Crippen LogP contribution >= 0.6 is 0 Å². The van der Waals surface area contributed by atoms with Gasteiger partial charge in [-0.1, -0.05) is 6.07 Å². The van der Waals surface area contributed by atoms with Crippen LogP contribution in [-0.2, 0) is 11.2 Å². The van der Waals surface area contributed by atoms with Crippen LogP contribution in [0.15, 0.2) is 18.2 Å². The molecule has 2 bridgehead atoms. The molecule has 3 heteroatoms. The summed E-state index contributed by atoms with van der Waals surface area (Å²) in [6.45, 7) is 1.97. The number of hydrogen-bond donors (Lipinski definition) is 0. The topological polar surface area (TPSA) is 33.0 Å². The molecule has 2 saturated heterocycles. The van der Waals surface area contributed by atoms with Gasteiger partial charge < -0.3 is 4.74 Å². The van der Waals surface area contributed by atoms with E-state index >= 15 is 0 Å². The molecule has 2 heterocycles. The number of halogens is 1. The number of aryl methyl sites for hydroxylation is 1. The Labute approximate surface area is 106 Å². The molecule has 94 valence electrons. The Morgan fingerprint density at radius 2 is 2.33 bits per heavy atom. The highest BCUT2D eigenvalue weighted by Crippen LogP contribution is 2.49. The highest BCUT2D eigenvalue weighted by atomic mass is 19.1. The Kier molecular flexibility index (Phi) is 2.64. The van der Waals surface area contributed by atoms with E-state index in [2.05, 4.69) is 6.07 Å². The van der Waals surface area contributed by atoms with Crippen LogP contribution in [0.3, 0.4) is 0 Å². The van der Waals surface area contributed by atoms with Crippen molar-refractivity contribution in [3.05, 3.63) is 35.1 Å². The zero-order valence-corrected chi connectivity index (χ0v) is 10.4. The van der Waals surface area contributed by atoms with E-state index in [4.69, 9.17) is 4.74 Å². The van der Waals surface area contributed by atoms with Crippen molar-refractivity contribution >= 4 is 0 Å². The van der Waals surface area contributed by atoms with Gasteiger partial charge in [0, 0.05) is 0 Å². The Balaban J connectivity index is 1.91. The SMILES string of the molecule is Cc1ccc(F)cc1CC1(C#N)CC2CCC1O2.